The van der Waals surface area contributed by atoms with Crippen LogP contribution in [0.5, 0.6) is 0 Å². The molecule has 1 aromatic carbocycles. The largest absolute Gasteiger partial charge is 0.328 e. The maximum absolute atomic E-state index is 12.9. The monoisotopic (exact) mass is 370 g/mol. The summed E-state index contributed by atoms with van der Waals surface area (Å²) in [5.74, 6) is -0.751. The van der Waals surface area contributed by atoms with Crippen LogP contribution in [-0.4, -0.2) is 52.2 Å². The van der Waals surface area contributed by atoms with Gasteiger partial charge >= 0.3 is 0 Å². The maximum Gasteiger partial charge on any atom is 0.255 e. The average Bonchev–Trinajstić information content (AvgIpc) is 2.94. The Labute approximate surface area is 158 Å². The topological polar surface area (TPSA) is 95.7 Å². The highest BCUT2D eigenvalue weighted by Gasteiger charge is 2.39. The van der Waals surface area contributed by atoms with Crippen molar-refractivity contribution in [3.05, 3.63) is 34.9 Å². The van der Waals surface area contributed by atoms with Crippen LogP contribution in [0.15, 0.2) is 18.2 Å². The number of likely N-dealkylation sites (tertiary alicyclic amines) is 1. The quantitative estimate of drug-likeness (QED) is 0.766. The van der Waals surface area contributed by atoms with Crippen molar-refractivity contribution < 1.29 is 14.4 Å². The van der Waals surface area contributed by atoms with E-state index in [1.165, 1.54) is 0 Å². The molecule has 0 saturated carbocycles. The molecule has 3 amide bonds. The molecule has 1 aromatic rings. The standard InChI is InChI=1S/C20H26N4O3/c1-12-8-15(21)6-7-23(12)10-13-2-3-14-11-24(20(27)16(14)9-13)17-4-5-18(25)22-19(17)26/h2-3,9,12,15,17H,4-8,10-11,21H2,1H3,(H,22,25,26). The van der Waals surface area contributed by atoms with Gasteiger partial charge in [0.05, 0.1) is 0 Å². The number of rotatable bonds is 3. The number of nitrogens with one attached hydrogen (secondary N) is 1. The Kier molecular flexibility index (Phi) is 4.74. The number of piperidine rings is 2. The summed E-state index contributed by atoms with van der Waals surface area (Å²) in [6.45, 7) is 4.39. The molecule has 7 heteroatoms. The molecular formula is C20H26N4O3. The molecule has 0 aliphatic carbocycles. The van der Waals surface area contributed by atoms with Crippen molar-refractivity contribution in [1.29, 1.82) is 0 Å². The van der Waals surface area contributed by atoms with Crippen molar-refractivity contribution in [3.63, 3.8) is 0 Å². The molecular weight excluding hydrogens is 344 g/mol. The van der Waals surface area contributed by atoms with Crippen LogP contribution in [0.1, 0.15) is 54.1 Å². The number of benzene rings is 1. The highest BCUT2D eigenvalue weighted by Crippen LogP contribution is 2.29. The molecule has 144 valence electrons. The fourth-order valence-corrected chi connectivity index (χ4v) is 4.43. The molecule has 3 aliphatic heterocycles. The van der Waals surface area contributed by atoms with Crippen LogP contribution in [-0.2, 0) is 22.7 Å². The van der Waals surface area contributed by atoms with E-state index in [-0.39, 0.29) is 30.2 Å². The summed E-state index contributed by atoms with van der Waals surface area (Å²) in [6, 6.07) is 6.17. The third-order valence-corrected chi connectivity index (χ3v) is 6.03. The van der Waals surface area contributed by atoms with Crippen molar-refractivity contribution in [2.75, 3.05) is 6.54 Å². The molecule has 0 spiro atoms. The Bertz CT molecular complexity index is 793. The first-order valence-electron chi connectivity index (χ1n) is 9.68. The van der Waals surface area contributed by atoms with E-state index in [1.54, 1.807) is 4.90 Å². The molecule has 3 N–H and O–H groups in total. The summed E-state index contributed by atoms with van der Waals surface area (Å²) in [5, 5.41) is 2.34. The Morgan fingerprint density at radius 1 is 1.22 bits per heavy atom. The van der Waals surface area contributed by atoms with E-state index < -0.39 is 6.04 Å². The number of amides is 3. The lowest BCUT2D eigenvalue weighted by Gasteiger charge is -2.36. The molecule has 2 fully saturated rings. The number of fused-ring (bicyclic) bond motifs is 1. The van der Waals surface area contributed by atoms with Gasteiger partial charge in [-0.2, -0.15) is 0 Å². The zero-order valence-corrected chi connectivity index (χ0v) is 15.6. The van der Waals surface area contributed by atoms with Gasteiger partial charge in [-0.25, -0.2) is 0 Å². The van der Waals surface area contributed by atoms with E-state index in [0.29, 0.717) is 24.6 Å². The van der Waals surface area contributed by atoms with Gasteiger partial charge in [-0.3, -0.25) is 24.6 Å². The van der Waals surface area contributed by atoms with Gasteiger partial charge in [-0.1, -0.05) is 12.1 Å². The van der Waals surface area contributed by atoms with Crippen LogP contribution in [0.3, 0.4) is 0 Å². The molecule has 3 unspecified atom stereocenters. The zero-order chi connectivity index (χ0) is 19.1. The minimum absolute atomic E-state index is 0.116. The van der Waals surface area contributed by atoms with E-state index in [2.05, 4.69) is 23.2 Å². The minimum atomic E-state index is -0.561. The summed E-state index contributed by atoms with van der Waals surface area (Å²) < 4.78 is 0. The normalized spacial score (nSPS) is 29.0. The fourth-order valence-electron chi connectivity index (χ4n) is 4.43. The Morgan fingerprint density at radius 2 is 2.04 bits per heavy atom. The summed E-state index contributed by atoms with van der Waals surface area (Å²) >= 11 is 0. The van der Waals surface area contributed by atoms with Crippen molar-refractivity contribution >= 4 is 17.7 Å². The van der Waals surface area contributed by atoms with Gasteiger partial charge in [0, 0.05) is 43.7 Å². The summed E-state index contributed by atoms with van der Waals surface area (Å²) in [6.07, 6.45) is 2.66. The Morgan fingerprint density at radius 3 is 2.78 bits per heavy atom. The van der Waals surface area contributed by atoms with E-state index in [1.807, 2.05) is 12.1 Å². The molecule has 3 heterocycles. The lowest BCUT2D eigenvalue weighted by Crippen LogP contribution is -2.52. The smallest absolute Gasteiger partial charge is 0.255 e. The van der Waals surface area contributed by atoms with Gasteiger partial charge in [0.15, 0.2) is 0 Å². The van der Waals surface area contributed by atoms with Crippen LogP contribution >= 0.6 is 0 Å². The van der Waals surface area contributed by atoms with Crippen LogP contribution < -0.4 is 11.1 Å². The molecule has 2 saturated heterocycles. The predicted octanol–water partition coefficient (Wildman–Crippen LogP) is 0.759. The number of hydrogen-bond acceptors (Lipinski definition) is 5. The van der Waals surface area contributed by atoms with Gasteiger partial charge in [-0.15, -0.1) is 0 Å². The van der Waals surface area contributed by atoms with Crippen LogP contribution in [0.2, 0.25) is 0 Å². The third-order valence-electron chi connectivity index (χ3n) is 6.03. The van der Waals surface area contributed by atoms with Gasteiger partial charge in [0.2, 0.25) is 11.8 Å². The van der Waals surface area contributed by atoms with Gasteiger partial charge in [0.1, 0.15) is 6.04 Å². The second-order valence-corrected chi connectivity index (χ2v) is 8.00. The van der Waals surface area contributed by atoms with Gasteiger partial charge in [0.25, 0.3) is 5.91 Å². The van der Waals surface area contributed by atoms with E-state index in [4.69, 9.17) is 5.73 Å². The molecule has 27 heavy (non-hydrogen) atoms. The molecule has 3 aliphatic rings. The minimum Gasteiger partial charge on any atom is -0.328 e. The third kappa shape index (κ3) is 3.49. The first-order chi connectivity index (χ1) is 12.9. The zero-order valence-electron chi connectivity index (χ0n) is 15.6. The number of nitrogens with two attached hydrogens (primary N) is 1. The summed E-state index contributed by atoms with van der Waals surface area (Å²) in [5.41, 5.74) is 8.78. The second kappa shape index (κ2) is 7.05. The van der Waals surface area contributed by atoms with Crippen molar-refractivity contribution in [3.8, 4) is 0 Å². The molecule has 0 aromatic heterocycles. The lowest BCUT2D eigenvalue weighted by molar-refractivity contribution is -0.136. The SMILES string of the molecule is CC1CC(N)CCN1Cc1ccc2c(c1)C(=O)N(C1CCC(=O)NC1=O)C2. The van der Waals surface area contributed by atoms with Gasteiger partial charge < -0.3 is 10.6 Å². The molecule has 3 atom stereocenters. The van der Waals surface area contributed by atoms with E-state index >= 15 is 0 Å². The summed E-state index contributed by atoms with van der Waals surface area (Å²) in [4.78, 5) is 40.4. The number of hydrogen-bond donors (Lipinski definition) is 2. The number of carbonyl (C=O) groups excluding carboxylic acids is 3. The molecule has 0 radical (unpaired) electrons. The van der Waals surface area contributed by atoms with E-state index in [9.17, 15) is 14.4 Å². The number of imide groups is 1. The lowest BCUT2D eigenvalue weighted by atomic mass is 9.98. The first kappa shape index (κ1) is 18.1. The Balaban J connectivity index is 1.48. The summed E-state index contributed by atoms with van der Waals surface area (Å²) in [7, 11) is 0. The van der Waals surface area contributed by atoms with E-state index in [0.717, 1.165) is 37.1 Å². The highest BCUT2D eigenvalue weighted by molar-refractivity contribution is 6.05. The molecule has 4 rings (SSSR count). The highest BCUT2D eigenvalue weighted by atomic mass is 16.2. The van der Waals surface area contributed by atoms with Crippen LogP contribution in [0.25, 0.3) is 0 Å². The van der Waals surface area contributed by atoms with Crippen molar-refractivity contribution in [2.45, 2.75) is 63.8 Å². The number of carbonyl (C=O) groups is 3. The maximum atomic E-state index is 12.9. The average molecular weight is 370 g/mol. The molecule has 7 nitrogen and oxygen atoms in total. The van der Waals surface area contributed by atoms with Crippen LogP contribution in [0, 0.1) is 0 Å². The first-order valence-corrected chi connectivity index (χ1v) is 9.68. The second-order valence-electron chi connectivity index (χ2n) is 8.00. The fraction of sp³-hybridized carbons (Fsp3) is 0.550. The van der Waals surface area contributed by atoms with Crippen LogP contribution in [0.4, 0.5) is 0 Å². The van der Waals surface area contributed by atoms with Crippen molar-refractivity contribution in [1.82, 2.24) is 15.1 Å². The predicted molar refractivity (Wildman–Crippen MR) is 99.6 cm³/mol. The number of nitrogens with zero attached hydrogens (tertiary/aromatic N) is 2. The van der Waals surface area contributed by atoms with Gasteiger partial charge in [-0.05, 0) is 43.4 Å². The van der Waals surface area contributed by atoms with Crippen molar-refractivity contribution in [2.24, 2.45) is 5.73 Å². The Hall–Kier alpha value is -2.25. The molecule has 0 bridgehead atoms.